The summed E-state index contributed by atoms with van der Waals surface area (Å²) >= 11 is 6.02. The first-order valence-electron chi connectivity index (χ1n) is 7.42. The van der Waals surface area contributed by atoms with E-state index in [1.165, 1.54) is 0 Å². The quantitative estimate of drug-likeness (QED) is 0.823. The van der Waals surface area contributed by atoms with E-state index < -0.39 is 0 Å². The van der Waals surface area contributed by atoms with Crippen LogP contribution in [0, 0.1) is 11.8 Å². The van der Waals surface area contributed by atoms with Crippen molar-refractivity contribution in [1.29, 1.82) is 0 Å². The number of nitrogens with one attached hydrogen (secondary N) is 2. The van der Waals surface area contributed by atoms with E-state index in [0.29, 0.717) is 23.7 Å². The Hall–Kier alpha value is -1.10. The van der Waals surface area contributed by atoms with Gasteiger partial charge in [0.15, 0.2) is 0 Å². The van der Waals surface area contributed by atoms with Crippen LogP contribution in [0.15, 0.2) is 0 Å². The highest BCUT2D eigenvalue weighted by Crippen LogP contribution is 2.24. The van der Waals surface area contributed by atoms with Crippen molar-refractivity contribution in [1.82, 2.24) is 15.0 Å². The second kappa shape index (κ2) is 6.34. The predicted octanol–water partition coefficient (Wildman–Crippen LogP) is 4.22. The molecule has 0 aliphatic carbocycles. The summed E-state index contributed by atoms with van der Waals surface area (Å²) in [6.07, 6.45) is 0. The van der Waals surface area contributed by atoms with Crippen LogP contribution in [-0.4, -0.2) is 26.0 Å². The molecular weight excluding hydrogens is 286 g/mol. The van der Waals surface area contributed by atoms with Gasteiger partial charge in [0, 0.05) is 11.1 Å². The summed E-state index contributed by atoms with van der Waals surface area (Å²) in [6, 6.07) is 0. The van der Waals surface area contributed by atoms with Gasteiger partial charge in [-0.05, 0) is 51.1 Å². The minimum absolute atomic E-state index is 0.129. The molecule has 0 bridgehead atoms. The van der Waals surface area contributed by atoms with E-state index in [2.05, 4.69) is 81.0 Å². The molecule has 0 radical (unpaired) electrons. The maximum absolute atomic E-state index is 6.02. The fourth-order valence-electron chi connectivity index (χ4n) is 1.33. The van der Waals surface area contributed by atoms with E-state index in [1.807, 2.05) is 0 Å². The second-order valence-corrected chi connectivity index (χ2v) is 7.59. The summed E-state index contributed by atoms with van der Waals surface area (Å²) in [5.74, 6) is 1.85. The fourth-order valence-corrected chi connectivity index (χ4v) is 1.49. The minimum Gasteiger partial charge on any atom is -0.349 e. The van der Waals surface area contributed by atoms with Gasteiger partial charge < -0.3 is 10.6 Å². The molecule has 0 unspecified atom stereocenters. The van der Waals surface area contributed by atoms with Crippen LogP contribution in [-0.2, 0) is 0 Å². The van der Waals surface area contributed by atoms with E-state index in [0.717, 1.165) is 0 Å². The first kappa shape index (κ1) is 18.0. The topological polar surface area (TPSA) is 62.7 Å². The highest BCUT2D eigenvalue weighted by Gasteiger charge is 2.26. The zero-order valence-corrected chi connectivity index (χ0v) is 15.1. The highest BCUT2D eigenvalue weighted by molar-refractivity contribution is 6.28. The Kier molecular flexibility index (Phi) is 5.42. The molecule has 2 N–H and O–H groups in total. The minimum atomic E-state index is -0.129. The van der Waals surface area contributed by atoms with Crippen molar-refractivity contribution in [2.45, 2.75) is 66.5 Å². The van der Waals surface area contributed by atoms with Crippen molar-refractivity contribution < 1.29 is 0 Å². The summed E-state index contributed by atoms with van der Waals surface area (Å²) in [5.41, 5.74) is -0.259. The van der Waals surface area contributed by atoms with Gasteiger partial charge in [-0.1, -0.05) is 27.7 Å². The maximum Gasteiger partial charge on any atom is 0.229 e. The summed E-state index contributed by atoms with van der Waals surface area (Å²) in [6.45, 7) is 17.0. The fraction of sp³-hybridized carbons (Fsp3) is 0.800. The Morgan fingerprint density at radius 1 is 0.762 bits per heavy atom. The third-order valence-corrected chi connectivity index (χ3v) is 4.53. The monoisotopic (exact) mass is 313 g/mol. The van der Waals surface area contributed by atoms with E-state index in [4.69, 9.17) is 11.6 Å². The summed E-state index contributed by atoms with van der Waals surface area (Å²) in [5, 5.41) is 6.84. The molecular formula is C15H28ClN5. The highest BCUT2D eigenvalue weighted by atomic mass is 35.5. The molecule has 0 fully saturated rings. The molecule has 1 aromatic rings. The molecule has 1 rings (SSSR count). The number of hydrogen-bond acceptors (Lipinski definition) is 5. The largest absolute Gasteiger partial charge is 0.349 e. The molecule has 6 heteroatoms. The third-order valence-electron chi connectivity index (χ3n) is 4.36. The first-order valence-corrected chi connectivity index (χ1v) is 7.80. The van der Waals surface area contributed by atoms with Gasteiger partial charge in [0.05, 0.1) is 0 Å². The van der Waals surface area contributed by atoms with Crippen LogP contribution in [0.25, 0.3) is 0 Å². The van der Waals surface area contributed by atoms with Gasteiger partial charge in [-0.25, -0.2) is 0 Å². The summed E-state index contributed by atoms with van der Waals surface area (Å²) < 4.78 is 0. The standard InChI is InChI=1S/C15H28ClN5/c1-9(2)14(5,6)20-12-17-11(16)18-13(19-12)21-15(7,8)10(3)4/h9-10H,1-8H3,(H2,17,18,19,20,21). The zero-order valence-electron chi connectivity index (χ0n) is 14.4. The Balaban J connectivity index is 3.01. The SMILES string of the molecule is CC(C)C(C)(C)Nc1nc(Cl)nc(NC(C)(C)C(C)C)n1. The lowest BCUT2D eigenvalue weighted by molar-refractivity contribution is 0.401. The molecule has 21 heavy (non-hydrogen) atoms. The molecule has 1 aromatic heterocycles. The van der Waals surface area contributed by atoms with Crippen molar-refractivity contribution in [3.05, 3.63) is 5.28 Å². The predicted molar refractivity (Wildman–Crippen MR) is 89.9 cm³/mol. The van der Waals surface area contributed by atoms with E-state index in [9.17, 15) is 0 Å². The van der Waals surface area contributed by atoms with Gasteiger partial charge in [-0.2, -0.15) is 15.0 Å². The van der Waals surface area contributed by atoms with E-state index >= 15 is 0 Å². The van der Waals surface area contributed by atoms with Crippen molar-refractivity contribution in [2.75, 3.05) is 10.6 Å². The molecule has 0 aliphatic rings. The van der Waals surface area contributed by atoms with Crippen LogP contribution in [0.3, 0.4) is 0 Å². The molecule has 0 spiro atoms. The van der Waals surface area contributed by atoms with Crippen LogP contribution in [0.2, 0.25) is 5.28 Å². The van der Waals surface area contributed by atoms with E-state index in [1.54, 1.807) is 0 Å². The number of anilines is 2. The number of halogens is 1. The summed E-state index contributed by atoms with van der Waals surface area (Å²) in [4.78, 5) is 12.8. The van der Waals surface area contributed by atoms with Gasteiger partial charge in [0.1, 0.15) is 0 Å². The lowest BCUT2D eigenvalue weighted by Crippen LogP contribution is -2.39. The Bertz CT molecular complexity index is 443. The number of aromatic nitrogens is 3. The molecule has 0 amide bonds. The second-order valence-electron chi connectivity index (χ2n) is 7.25. The number of nitrogens with zero attached hydrogens (tertiary/aromatic N) is 3. The van der Waals surface area contributed by atoms with Crippen molar-refractivity contribution in [3.8, 4) is 0 Å². The van der Waals surface area contributed by atoms with Crippen LogP contribution in [0.4, 0.5) is 11.9 Å². The summed E-state index contributed by atoms with van der Waals surface area (Å²) in [7, 11) is 0. The average Bonchev–Trinajstić information content (AvgIpc) is 2.25. The molecule has 0 aliphatic heterocycles. The van der Waals surface area contributed by atoms with Crippen molar-refractivity contribution >= 4 is 23.5 Å². The van der Waals surface area contributed by atoms with Gasteiger partial charge in [-0.15, -0.1) is 0 Å². The van der Waals surface area contributed by atoms with Gasteiger partial charge in [-0.3, -0.25) is 0 Å². The zero-order chi connectivity index (χ0) is 16.4. The third kappa shape index (κ3) is 4.99. The molecule has 5 nitrogen and oxygen atoms in total. The van der Waals surface area contributed by atoms with Crippen LogP contribution < -0.4 is 10.6 Å². The van der Waals surface area contributed by atoms with Gasteiger partial charge in [0.2, 0.25) is 17.2 Å². The number of rotatable bonds is 6. The average molecular weight is 314 g/mol. The first-order chi connectivity index (χ1) is 9.44. The normalized spacial score (nSPS) is 12.9. The lowest BCUT2D eigenvalue weighted by atomic mass is 9.91. The Morgan fingerprint density at radius 3 is 1.38 bits per heavy atom. The van der Waals surface area contributed by atoms with Crippen LogP contribution >= 0.6 is 11.6 Å². The molecule has 0 aromatic carbocycles. The Labute approximate surface area is 133 Å². The molecule has 120 valence electrons. The number of hydrogen-bond donors (Lipinski definition) is 2. The van der Waals surface area contributed by atoms with Gasteiger partial charge in [0.25, 0.3) is 0 Å². The molecule has 1 heterocycles. The maximum atomic E-state index is 6.02. The van der Waals surface area contributed by atoms with Gasteiger partial charge >= 0.3 is 0 Å². The molecule has 0 atom stereocenters. The van der Waals surface area contributed by atoms with Crippen LogP contribution in [0.1, 0.15) is 55.4 Å². The molecule has 0 saturated carbocycles. The lowest BCUT2D eigenvalue weighted by Gasteiger charge is -2.32. The van der Waals surface area contributed by atoms with Crippen LogP contribution in [0.5, 0.6) is 0 Å². The van der Waals surface area contributed by atoms with E-state index in [-0.39, 0.29) is 16.4 Å². The Morgan fingerprint density at radius 2 is 1.10 bits per heavy atom. The molecule has 0 saturated heterocycles. The smallest absolute Gasteiger partial charge is 0.229 e. The van der Waals surface area contributed by atoms with Crippen molar-refractivity contribution in [3.63, 3.8) is 0 Å². The van der Waals surface area contributed by atoms with Crippen molar-refractivity contribution in [2.24, 2.45) is 11.8 Å².